The average molecular weight is 729 g/mol. The lowest BCUT2D eigenvalue weighted by atomic mass is 10.1. The second kappa shape index (κ2) is 25.3. The van der Waals surface area contributed by atoms with Gasteiger partial charge in [-0.05, 0) is 31.0 Å². The van der Waals surface area contributed by atoms with Crippen LogP contribution in [0.25, 0.3) is 0 Å². The van der Waals surface area contributed by atoms with Crippen LogP contribution in [0.3, 0.4) is 0 Å². The molecule has 2 nitrogen and oxygen atoms in total. The highest BCUT2D eigenvalue weighted by Gasteiger charge is 2.11. The van der Waals surface area contributed by atoms with Crippen LogP contribution in [0.4, 0.5) is 0 Å². The minimum Gasteiger partial charge on any atom is -0.492 e. The van der Waals surface area contributed by atoms with Crippen molar-refractivity contribution in [2.45, 2.75) is 142 Å². The molecule has 0 bridgehead atoms. The molecule has 44 heavy (non-hydrogen) atoms. The van der Waals surface area contributed by atoms with E-state index in [4.69, 9.17) is 15.9 Å². The fourth-order valence-electron chi connectivity index (χ4n) is 5.32. The van der Waals surface area contributed by atoms with Crippen LogP contribution in [-0.2, 0) is 0 Å². The quantitative estimate of drug-likeness (QED) is 0.0792. The lowest BCUT2D eigenvalue weighted by Crippen LogP contribution is -2.03. The normalized spacial score (nSPS) is 10.7. The fourth-order valence-corrected chi connectivity index (χ4v) is 6.61. The molecule has 242 valence electrons. The number of benzene rings is 2. The first-order valence-corrected chi connectivity index (χ1v) is 19.0. The summed E-state index contributed by atoms with van der Waals surface area (Å²) in [7, 11) is 0. The third-order valence-corrected chi connectivity index (χ3v) is 8.87. The molecule has 0 aliphatic carbocycles. The molecule has 4 heteroatoms. The fraction of sp³-hybridized carbons (Fsp3) is 0.600. The third-order valence-electron chi connectivity index (χ3n) is 7.95. The van der Waals surface area contributed by atoms with E-state index in [9.17, 15) is 0 Å². The SMILES string of the molecule is C#Cc1cc(OCCCCCCCCCCCC)c(C#Cc2cc(Br)cc(Br)c2)cc1OCCCCCCCCCCCC. The smallest absolute Gasteiger partial charge is 0.136 e. The number of ether oxygens (including phenoxy) is 2. The molecule has 0 aliphatic heterocycles. The van der Waals surface area contributed by atoms with E-state index in [0.29, 0.717) is 13.2 Å². The van der Waals surface area contributed by atoms with Crippen molar-refractivity contribution in [1.82, 2.24) is 0 Å². The lowest BCUT2D eigenvalue weighted by Gasteiger charge is -2.14. The Morgan fingerprint density at radius 3 is 1.32 bits per heavy atom. The van der Waals surface area contributed by atoms with Crippen molar-refractivity contribution >= 4 is 31.9 Å². The predicted octanol–water partition coefficient (Wildman–Crippen LogP) is 13.2. The van der Waals surface area contributed by atoms with Gasteiger partial charge in [-0.1, -0.05) is 179 Å². The van der Waals surface area contributed by atoms with Gasteiger partial charge in [0.25, 0.3) is 0 Å². The van der Waals surface area contributed by atoms with Gasteiger partial charge >= 0.3 is 0 Å². The highest BCUT2D eigenvalue weighted by molar-refractivity contribution is 9.11. The maximum absolute atomic E-state index is 6.28. The minimum absolute atomic E-state index is 0.662. The van der Waals surface area contributed by atoms with Gasteiger partial charge in [0, 0.05) is 26.6 Å². The Morgan fingerprint density at radius 2 is 0.886 bits per heavy atom. The second-order valence-electron chi connectivity index (χ2n) is 12.0. The van der Waals surface area contributed by atoms with Gasteiger partial charge in [-0.2, -0.15) is 0 Å². The van der Waals surface area contributed by atoms with Crippen LogP contribution in [0.1, 0.15) is 159 Å². The summed E-state index contributed by atoms with van der Waals surface area (Å²) in [4.78, 5) is 0. The molecule has 0 aromatic heterocycles. The Bertz CT molecular complexity index is 1130. The Morgan fingerprint density at radius 1 is 0.500 bits per heavy atom. The summed E-state index contributed by atoms with van der Waals surface area (Å²) in [5, 5.41) is 0. The van der Waals surface area contributed by atoms with Gasteiger partial charge in [0.2, 0.25) is 0 Å². The van der Waals surface area contributed by atoms with Crippen molar-refractivity contribution in [2.24, 2.45) is 0 Å². The molecule has 0 saturated heterocycles. The number of rotatable bonds is 24. The van der Waals surface area contributed by atoms with Crippen LogP contribution >= 0.6 is 31.9 Å². The van der Waals surface area contributed by atoms with E-state index in [0.717, 1.165) is 50.0 Å². The van der Waals surface area contributed by atoms with Crippen LogP contribution in [-0.4, -0.2) is 13.2 Å². The average Bonchev–Trinajstić information content (AvgIpc) is 3.01. The number of hydrogen-bond donors (Lipinski definition) is 0. The van der Waals surface area contributed by atoms with E-state index in [2.05, 4.69) is 63.5 Å². The molecule has 0 heterocycles. The summed E-state index contributed by atoms with van der Waals surface area (Å²) in [5.41, 5.74) is 2.46. The maximum Gasteiger partial charge on any atom is 0.136 e. The van der Waals surface area contributed by atoms with E-state index in [-0.39, 0.29) is 0 Å². The van der Waals surface area contributed by atoms with Crippen LogP contribution in [0.15, 0.2) is 39.3 Å². The standard InChI is InChI=1S/C40H56Br2O2/c1-4-7-9-11-13-15-17-19-21-23-27-43-39-32-36(26-25-34-29-37(41)33-38(42)30-34)40(31-35(39)6-3)44-28-24-22-20-18-16-14-12-10-8-5-2/h3,29-33H,4-5,7-24,27-28H2,1-2H3. The molecule has 0 N–H and O–H groups in total. The van der Waals surface area contributed by atoms with Crippen molar-refractivity contribution in [3.8, 4) is 35.7 Å². The summed E-state index contributed by atoms with van der Waals surface area (Å²) in [5.74, 6) is 10.9. The minimum atomic E-state index is 0.662. The van der Waals surface area contributed by atoms with Gasteiger partial charge in [-0.3, -0.25) is 0 Å². The monoisotopic (exact) mass is 726 g/mol. The molecule has 0 spiro atoms. The van der Waals surface area contributed by atoms with E-state index in [1.54, 1.807) is 0 Å². The largest absolute Gasteiger partial charge is 0.492 e. The Labute approximate surface area is 287 Å². The van der Waals surface area contributed by atoms with Gasteiger partial charge in [0.1, 0.15) is 11.5 Å². The number of terminal acetylenes is 1. The topological polar surface area (TPSA) is 18.5 Å². The van der Waals surface area contributed by atoms with Crippen molar-refractivity contribution < 1.29 is 9.47 Å². The van der Waals surface area contributed by atoms with Gasteiger partial charge in [0.15, 0.2) is 0 Å². The molecule has 0 aliphatic rings. The van der Waals surface area contributed by atoms with Crippen LogP contribution in [0.5, 0.6) is 11.5 Å². The number of halogens is 2. The summed E-state index contributed by atoms with van der Waals surface area (Å²) in [6, 6.07) is 9.94. The predicted molar refractivity (Wildman–Crippen MR) is 197 cm³/mol. The van der Waals surface area contributed by atoms with Crippen LogP contribution in [0, 0.1) is 24.2 Å². The molecular formula is C40H56Br2O2. The molecule has 2 rings (SSSR count). The molecule has 0 amide bonds. The highest BCUT2D eigenvalue weighted by Crippen LogP contribution is 2.29. The lowest BCUT2D eigenvalue weighted by molar-refractivity contribution is 0.295. The maximum atomic E-state index is 6.28. The van der Waals surface area contributed by atoms with E-state index < -0.39 is 0 Å². The molecule has 0 fully saturated rings. The summed E-state index contributed by atoms with van der Waals surface area (Å²) < 4.78 is 14.5. The first-order chi connectivity index (χ1) is 21.6. The Kier molecular flexibility index (Phi) is 22.0. The van der Waals surface area contributed by atoms with Crippen molar-refractivity contribution in [2.75, 3.05) is 13.2 Å². The Hall–Kier alpha value is -1.88. The van der Waals surface area contributed by atoms with Crippen molar-refractivity contribution in [3.05, 3.63) is 56.0 Å². The molecule has 0 saturated carbocycles. The van der Waals surface area contributed by atoms with E-state index in [1.807, 2.05) is 30.3 Å². The zero-order valence-corrected chi connectivity index (χ0v) is 30.8. The molecule has 0 atom stereocenters. The van der Waals surface area contributed by atoms with E-state index >= 15 is 0 Å². The number of hydrogen-bond acceptors (Lipinski definition) is 2. The molecule has 0 radical (unpaired) electrons. The summed E-state index contributed by atoms with van der Waals surface area (Å²) in [6.07, 6.45) is 31.9. The number of unbranched alkanes of at least 4 members (excludes halogenated alkanes) is 18. The van der Waals surface area contributed by atoms with Gasteiger partial charge in [0.05, 0.1) is 24.3 Å². The van der Waals surface area contributed by atoms with Gasteiger partial charge in [-0.15, -0.1) is 6.42 Å². The molecule has 0 unspecified atom stereocenters. The third kappa shape index (κ3) is 17.6. The van der Waals surface area contributed by atoms with Crippen LogP contribution in [0.2, 0.25) is 0 Å². The highest BCUT2D eigenvalue weighted by atomic mass is 79.9. The first kappa shape index (κ1) is 38.3. The Balaban J connectivity index is 1.93. The zero-order chi connectivity index (χ0) is 31.7. The zero-order valence-electron chi connectivity index (χ0n) is 27.6. The molecular weight excluding hydrogens is 672 g/mol. The van der Waals surface area contributed by atoms with Gasteiger partial charge < -0.3 is 9.47 Å². The van der Waals surface area contributed by atoms with Crippen molar-refractivity contribution in [3.63, 3.8) is 0 Å². The molecule has 2 aromatic rings. The second-order valence-corrected chi connectivity index (χ2v) is 13.8. The van der Waals surface area contributed by atoms with Crippen molar-refractivity contribution in [1.29, 1.82) is 0 Å². The summed E-state index contributed by atoms with van der Waals surface area (Å²) >= 11 is 7.13. The first-order valence-electron chi connectivity index (χ1n) is 17.5. The van der Waals surface area contributed by atoms with E-state index in [1.165, 1.54) is 116 Å². The van der Waals surface area contributed by atoms with Crippen LogP contribution < -0.4 is 9.47 Å². The summed E-state index contributed by atoms with van der Waals surface area (Å²) in [6.45, 7) is 5.87. The molecule has 2 aromatic carbocycles. The van der Waals surface area contributed by atoms with Gasteiger partial charge in [-0.25, -0.2) is 0 Å².